The fourth-order valence-electron chi connectivity index (χ4n) is 2.61. The van der Waals surface area contributed by atoms with Crippen molar-refractivity contribution in [1.82, 2.24) is 10.2 Å². The van der Waals surface area contributed by atoms with Gasteiger partial charge in [-0.15, -0.1) is 0 Å². The molecular weight excluding hydrogens is 236 g/mol. The highest BCUT2D eigenvalue weighted by Gasteiger charge is 2.46. The van der Waals surface area contributed by atoms with E-state index >= 15 is 0 Å². The monoisotopic (exact) mass is 256 g/mol. The molecule has 0 bridgehead atoms. The molecule has 2 aliphatic rings. The number of likely N-dealkylation sites (tertiary alicyclic amines) is 1. The molecule has 0 saturated carbocycles. The summed E-state index contributed by atoms with van der Waals surface area (Å²) < 4.78 is 5.42. The summed E-state index contributed by atoms with van der Waals surface area (Å²) in [6.07, 6.45) is 3.30. The first-order valence-electron chi connectivity index (χ1n) is 6.44. The molecule has 0 aromatic heterocycles. The minimum Gasteiger partial charge on any atom is -0.480 e. The summed E-state index contributed by atoms with van der Waals surface area (Å²) in [5.41, 5.74) is -1.07. The molecule has 0 radical (unpaired) electrons. The average Bonchev–Trinajstić information content (AvgIpc) is 2.95. The number of amides is 2. The average molecular weight is 256 g/mol. The molecule has 2 fully saturated rings. The molecule has 2 N–H and O–H groups in total. The molecule has 2 heterocycles. The van der Waals surface area contributed by atoms with Gasteiger partial charge < -0.3 is 20.1 Å². The highest BCUT2D eigenvalue weighted by molar-refractivity contribution is 5.86. The molecule has 2 saturated heterocycles. The van der Waals surface area contributed by atoms with Crippen LogP contribution in [-0.2, 0) is 9.53 Å². The maximum absolute atomic E-state index is 12.0. The third-order valence-corrected chi connectivity index (χ3v) is 3.85. The van der Waals surface area contributed by atoms with Gasteiger partial charge in [0.25, 0.3) is 0 Å². The second-order valence-electron chi connectivity index (χ2n) is 5.16. The Kier molecular flexibility index (Phi) is 3.75. The van der Waals surface area contributed by atoms with Gasteiger partial charge in [0.2, 0.25) is 0 Å². The number of ether oxygens (including phenoxy) is 1. The van der Waals surface area contributed by atoms with Crippen molar-refractivity contribution in [3.63, 3.8) is 0 Å². The Morgan fingerprint density at radius 3 is 2.89 bits per heavy atom. The van der Waals surface area contributed by atoms with Crippen molar-refractivity contribution in [2.45, 2.75) is 44.2 Å². The van der Waals surface area contributed by atoms with E-state index in [-0.39, 0.29) is 12.1 Å². The lowest BCUT2D eigenvalue weighted by Crippen LogP contribution is -2.54. The summed E-state index contributed by atoms with van der Waals surface area (Å²) in [5, 5.41) is 12.0. The zero-order chi connectivity index (χ0) is 13.2. The minimum absolute atomic E-state index is 0.0765. The maximum atomic E-state index is 12.0. The standard InChI is InChI=1S/C12H20N2O4/c1-12(10(15)16)5-3-6-14(12)11(17)13-8-9-4-2-7-18-9/h9H,2-8H2,1H3,(H,13,17)(H,15,16). The normalized spacial score (nSPS) is 31.6. The molecule has 2 rings (SSSR count). The van der Waals surface area contributed by atoms with E-state index in [1.165, 1.54) is 4.90 Å². The van der Waals surface area contributed by atoms with Crippen LogP contribution in [0.25, 0.3) is 0 Å². The zero-order valence-electron chi connectivity index (χ0n) is 10.6. The van der Waals surface area contributed by atoms with E-state index in [9.17, 15) is 14.7 Å². The third-order valence-electron chi connectivity index (χ3n) is 3.85. The van der Waals surface area contributed by atoms with E-state index in [2.05, 4.69) is 5.32 Å². The van der Waals surface area contributed by atoms with Crippen LogP contribution in [0.2, 0.25) is 0 Å². The number of aliphatic carboxylic acids is 1. The topological polar surface area (TPSA) is 78.9 Å². The Morgan fingerprint density at radius 1 is 1.50 bits per heavy atom. The Bertz CT molecular complexity index is 341. The number of hydrogen-bond donors (Lipinski definition) is 2. The molecular formula is C12H20N2O4. The molecule has 0 spiro atoms. The number of nitrogens with zero attached hydrogens (tertiary/aromatic N) is 1. The molecule has 2 unspecified atom stereocenters. The smallest absolute Gasteiger partial charge is 0.329 e. The first-order chi connectivity index (χ1) is 8.54. The largest absolute Gasteiger partial charge is 0.480 e. The van der Waals surface area contributed by atoms with Gasteiger partial charge >= 0.3 is 12.0 Å². The highest BCUT2D eigenvalue weighted by Crippen LogP contribution is 2.29. The second-order valence-corrected chi connectivity index (χ2v) is 5.16. The molecule has 2 atom stereocenters. The Labute approximate surface area is 106 Å². The van der Waals surface area contributed by atoms with Crippen LogP contribution in [0.15, 0.2) is 0 Å². The molecule has 0 aromatic rings. The van der Waals surface area contributed by atoms with E-state index in [1.54, 1.807) is 6.92 Å². The van der Waals surface area contributed by atoms with Gasteiger partial charge in [0, 0.05) is 19.7 Å². The van der Waals surface area contributed by atoms with Crippen LogP contribution in [0, 0.1) is 0 Å². The number of carbonyl (C=O) groups is 2. The first kappa shape index (κ1) is 13.1. The predicted octanol–water partition coefficient (Wildman–Crippen LogP) is 0.814. The first-order valence-corrected chi connectivity index (χ1v) is 6.44. The van der Waals surface area contributed by atoms with Crippen molar-refractivity contribution in [3.8, 4) is 0 Å². The minimum atomic E-state index is -1.07. The second kappa shape index (κ2) is 5.14. The summed E-state index contributed by atoms with van der Waals surface area (Å²) >= 11 is 0. The number of carboxylic acids is 1. The lowest BCUT2D eigenvalue weighted by molar-refractivity contribution is -0.147. The quantitative estimate of drug-likeness (QED) is 0.783. The third kappa shape index (κ3) is 2.43. The molecule has 6 heteroatoms. The summed E-state index contributed by atoms with van der Waals surface area (Å²) in [5.74, 6) is -0.938. The van der Waals surface area contributed by atoms with E-state index < -0.39 is 11.5 Å². The van der Waals surface area contributed by atoms with Gasteiger partial charge in [-0.1, -0.05) is 0 Å². The van der Waals surface area contributed by atoms with E-state index in [0.29, 0.717) is 19.5 Å². The molecule has 2 amide bonds. The number of nitrogens with one attached hydrogen (secondary N) is 1. The highest BCUT2D eigenvalue weighted by atomic mass is 16.5. The van der Waals surface area contributed by atoms with Crippen LogP contribution in [0.1, 0.15) is 32.6 Å². The van der Waals surface area contributed by atoms with Crippen LogP contribution in [-0.4, -0.2) is 53.3 Å². The molecule has 102 valence electrons. The van der Waals surface area contributed by atoms with Crippen LogP contribution < -0.4 is 5.32 Å². The molecule has 0 aliphatic carbocycles. The van der Waals surface area contributed by atoms with Crippen molar-refractivity contribution in [2.75, 3.05) is 19.7 Å². The maximum Gasteiger partial charge on any atom is 0.329 e. The Balaban J connectivity index is 1.89. The fraction of sp³-hybridized carbons (Fsp3) is 0.833. The van der Waals surface area contributed by atoms with Gasteiger partial charge in [0.05, 0.1) is 6.10 Å². The van der Waals surface area contributed by atoms with Crippen molar-refractivity contribution < 1.29 is 19.4 Å². The van der Waals surface area contributed by atoms with Crippen molar-refractivity contribution in [2.24, 2.45) is 0 Å². The molecule has 0 aromatic carbocycles. The van der Waals surface area contributed by atoms with Gasteiger partial charge in [-0.3, -0.25) is 0 Å². The zero-order valence-corrected chi connectivity index (χ0v) is 10.6. The van der Waals surface area contributed by atoms with Gasteiger partial charge in [-0.05, 0) is 32.6 Å². The van der Waals surface area contributed by atoms with Gasteiger partial charge in [0.15, 0.2) is 0 Å². The SMILES string of the molecule is CC1(C(=O)O)CCCN1C(=O)NCC1CCCO1. The number of rotatable bonds is 3. The van der Waals surface area contributed by atoms with Crippen molar-refractivity contribution >= 4 is 12.0 Å². The van der Waals surface area contributed by atoms with Crippen LogP contribution in [0.3, 0.4) is 0 Å². The molecule has 18 heavy (non-hydrogen) atoms. The molecule has 2 aliphatic heterocycles. The lowest BCUT2D eigenvalue weighted by Gasteiger charge is -2.31. The number of carbonyl (C=O) groups excluding carboxylic acids is 1. The summed E-state index contributed by atoms with van der Waals surface area (Å²) in [4.78, 5) is 24.7. The van der Waals surface area contributed by atoms with E-state index in [4.69, 9.17) is 4.74 Å². The Morgan fingerprint density at radius 2 is 2.28 bits per heavy atom. The fourth-order valence-corrected chi connectivity index (χ4v) is 2.61. The van der Waals surface area contributed by atoms with Gasteiger partial charge in [0.1, 0.15) is 5.54 Å². The van der Waals surface area contributed by atoms with Crippen molar-refractivity contribution in [3.05, 3.63) is 0 Å². The number of urea groups is 1. The summed E-state index contributed by atoms with van der Waals surface area (Å²) in [7, 11) is 0. The van der Waals surface area contributed by atoms with Crippen LogP contribution in [0.4, 0.5) is 4.79 Å². The summed E-state index contributed by atoms with van der Waals surface area (Å²) in [6, 6.07) is -0.298. The van der Waals surface area contributed by atoms with Crippen LogP contribution in [0.5, 0.6) is 0 Å². The van der Waals surface area contributed by atoms with Crippen molar-refractivity contribution in [1.29, 1.82) is 0 Å². The van der Waals surface area contributed by atoms with E-state index in [0.717, 1.165) is 25.9 Å². The number of carboxylic acid groups (broad SMARTS) is 1. The van der Waals surface area contributed by atoms with Gasteiger partial charge in [-0.25, -0.2) is 9.59 Å². The van der Waals surface area contributed by atoms with E-state index in [1.807, 2.05) is 0 Å². The number of hydrogen-bond acceptors (Lipinski definition) is 3. The molecule has 6 nitrogen and oxygen atoms in total. The lowest BCUT2D eigenvalue weighted by atomic mass is 10.00. The van der Waals surface area contributed by atoms with Gasteiger partial charge in [-0.2, -0.15) is 0 Å². The Hall–Kier alpha value is -1.30. The predicted molar refractivity (Wildman–Crippen MR) is 64.4 cm³/mol. The van der Waals surface area contributed by atoms with Crippen LogP contribution >= 0.6 is 0 Å². The summed E-state index contributed by atoms with van der Waals surface area (Å²) in [6.45, 7) is 3.32.